The topological polar surface area (TPSA) is 73.9 Å². The van der Waals surface area contributed by atoms with Crippen molar-refractivity contribution in [1.29, 1.82) is 10.5 Å². The van der Waals surface area contributed by atoms with Gasteiger partial charge >= 0.3 is 0 Å². The molecule has 22 heavy (non-hydrogen) atoms. The predicted octanol–water partition coefficient (Wildman–Crippen LogP) is 3.38. The van der Waals surface area contributed by atoms with Crippen molar-refractivity contribution in [2.75, 3.05) is 6.61 Å². The minimum absolute atomic E-state index is 0.0227. The van der Waals surface area contributed by atoms with Gasteiger partial charge in [-0.25, -0.2) is 0 Å². The number of nitrogens with zero attached hydrogens (tertiary/aromatic N) is 2. The first kappa shape index (κ1) is 15.0. The Morgan fingerprint density at radius 3 is 2.32 bits per heavy atom. The maximum atomic E-state index is 12.2. The summed E-state index contributed by atoms with van der Waals surface area (Å²) < 4.78 is 5.14. The fourth-order valence-corrected chi connectivity index (χ4v) is 1.84. The average molecular weight is 288 g/mol. The number of benzene rings is 2. The van der Waals surface area contributed by atoms with E-state index in [-0.39, 0.29) is 18.0 Å². The summed E-state index contributed by atoms with van der Waals surface area (Å²) in [6, 6.07) is 19.3. The number of carbonyl (C=O) groups excluding carboxylic acids is 1. The number of rotatable bonds is 5. The quantitative estimate of drug-likeness (QED) is 0.480. The third-order valence-electron chi connectivity index (χ3n) is 2.90. The van der Waals surface area contributed by atoms with Crippen molar-refractivity contribution in [1.82, 2.24) is 0 Å². The molecule has 0 unspecified atom stereocenters. The molecule has 2 rings (SSSR count). The molecular weight excluding hydrogens is 276 g/mol. The van der Waals surface area contributed by atoms with Crippen molar-refractivity contribution in [3.05, 3.63) is 71.3 Å². The fourth-order valence-electron chi connectivity index (χ4n) is 1.84. The highest BCUT2D eigenvalue weighted by Crippen LogP contribution is 2.16. The maximum absolute atomic E-state index is 12.2. The van der Waals surface area contributed by atoms with E-state index in [1.807, 2.05) is 18.2 Å². The second kappa shape index (κ2) is 7.42. The Morgan fingerprint density at radius 2 is 1.73 bits per heavy atom. The maximum Gasteiger partial charge on any atom is 0.203 e. The van der Waals surface area contributed by atoms with E-state index in [2.05, 4.69) is 0 Å². The van der Waals surface area contributed by atoms with Crippen molar-refractivity contribution in [3.8, 4) is 17.9 Å². The summed E-state index contributed by atoms with van der Waals surface area (Å²) in [5.41, 5.74) is 1.26. The van der Waals surface area contributed by atoms with E-state index in [1.54, 1.807) is 48.5 Å². The number of ketones is 1. The molecule has 2 aromatic rings. The predicted molar refractivity (Wildman–Crippen MR) is 81.9 cm³/mol. The number of Topliss-reactive ketones (excluding diaryl/α,β-unsaturated/α-hetero) is 1. The Morgan fingerprint density at radius 1 is 1.05 bits per heavy atom. The molecule has 0 aliphatic heterocycles. The molecule has 0 bridgehead atoms. The van der Waals surface area contributed by atoms with Gasteiger partial charge < -0.3 is 4.74 Å². The van der Waals surface area contributed by atoms with Crippen molar-refractivity contribution in [2.45, 2.75) is 0 Å². The number of carbonyl (C=O) groups is 1. The van der Waals surface area contributed by atoms with Crippen LogP contribution in [0.2, 0.25) is 0 Å². The van der Waals surface area contributed by atoms with Crippen molar-refractivity contribution < 1.29 is 9.53 Å². The van der Waals surface area contributed by atoms with Gasteiger partial charge in [0.2, 0.25) is 5.78 Å². The molecule has 4 nitrogen and oxygen atoms in total. The highest BCUT2D eigenvalue weighted by atomic mass is 16.5. The fraction of sp³-hybridized carbons (Fsp3) is 0.0556. The first-order chi connectivity index (χ1) is 10.7. The molecule has 0 amide bonds. The molecule has 0 radical (unpaired) electrons. The van der Waals surface area contributed by atoms with E-state index in [4.69, 9.17) is 10.00 Å². The Balaban J connectivity index is 2.21. The molecule has 0 aromatic heterocycles. The normalized spacial score (nSPS) is 10.4. The summed E-state index contributed by atoms with van der Waals surface area (Å²) in [4.78, 5) is 12.2. The molecule has 0 aliphatic rings. The van der Waals surface area contributed by atoms with E-state index in [0.717, 1.165) is 0 Å². The third kappa shape index (κ3) is 3.82. The van der Waals surface area contributed by atoms with Gasteiger partial charge in [-0.15, -0.1) is 0 Å². The second-order valence-corrected chi connectivity index (χ2v) is 4.38. The summed E-state index contributed by atoms with van der Waals surface area (Å²) in [6.45, 7) is -0.0227. The lowest BCUT2D eigenvalue weighted by Gasteiger charge is -2.02. The molecule has 0 saturated heterocycles. The molecule has 0 fully saturated rings. The van der Waals surface area contributed by atoms with E-state index in [1.165, 1.54) is 6.08 Å². The van der Waals surface area contributed by atoms with E-state index in [9.17, 15) is 10.1 Å². The van der Waals surface area contributed by atoms with Crippen LogP contribution in [-0.4, -0.2) is 12.4 Å². The molecule has 0 heterocycles. The van der Waals surface area contributed by atoms with Crippen LogP contribution in [0.3, 0.4) is 0 Å². The molecule has 106 valence electrons. The van der Waals surface area contributed by atoms with Gasteiger partial charge in [-0.2, -0.15) is 10.5 Å². The van der Waals surface area contributed by atoms with Gasteiger partial charge in [0.1, 0.15) is 23.5 Å². The van der Waals surface area contributed by atoms with E-state index < -0.39 is 0 Å². The lowest BCUT2D eigenvalue weighted by Crippen LogP contribution is -2.01. The Kier molecular flexibility index (Phi) is 5.07. The molecule has 4 heteroatoms. The van der Waals surface area contributed by atoms with Gasteiger partial charge in [0.25, 0.3) is 0 Å². The summed E-state index contributed by atoms with van der Waals surface area (Å²) in [6.07, 6.45) is 1.53. The average Bonchev–Trinajstić information content (AvgIpc) is 2.59. The van der Waals surface area contributed by atoms with Crippen molar-refractivity contribution in [3.63, 3.8) is 0 Å². The first-order valence-corrected chi connectivity index (χ1v) is 6.56. The second-order valence-electron chi connectivity index (χ2n) is 4.38. The van der Waals surface area contributed by atoms with E-state index >= 15 is 0 Å². The molecule has 0 aliphatic carbocycles. The molecular formula is C18H12N2O2. The lowest BCUT2D eigenvalue weighted by atomic mass is 10.0. The number of nitriles is 2. The number of ether oxygens (including phenoxy) is 1. The molecule has 2 aromatic carbocycles. The molecule has 0 saturated carbocycles. The summed E-state index contributed by atoms with van der Waals surface area (Å²) in [5.74, 6) is 0.250. The summed E-state index contributed by atoms with van der Waals surface area (Å²) in [5, 5.41) is 17.6. The van der Waals surface area contributed by atoms with Crippen LogP contribution >= 0.6 is 0 Å². The number of hydrogen-bond acceptors (Lipinski definition) is 4. The van der Waals surface area contributed by atoms with Crippen LogP contribution in [0.15, 0.2) is 60.2 Å². The number of allylic oxidation sites excluding steroid dienone is 1. The zero-order chi connectivity index (χ0) is 15.8. The van der Waals surface area contributed by atoms with E-state index in [0.29, 0.717) is 16.9 Å². The van der Waals surface area contributed by atoms with Gasteiger partial charge in [0, 0.05) is 5.56 Å². The largest absolute Gasteiger partial charge is 0.479 e. The van der Waals surface area contributed by atoms with Crippen LogP contribution in [0.25, 0.3) is 6.08 Å². The molecule has 0 N–H and O–H groups in total. The van der Waals surface area contributed by atoms with Crippen LogP contribution in [-0.2, 0) is 0 Å². The van der Waals surface area contributed by atoms with Crippen molar-refractivity contribution >= 4 is 11.9 Å². The zero-order valence-electron chi connectivity index (χ0n) is 11.7. The van der Waals surface area contributed by atoms with Crippen LogP contribution in [0.4, 0.5) is 0 Å². The van der Waals surface area contributed by atoms with Gasteiger partial charge in [0.05, 0.1) is 0 Å². The minimum atomic E-state index is -0.312. The Bertz CT molecular complexity index is 763. The Hall–Kier alpha value is -3.37. The van der Waals surface area contributed by atoms with Crippen LogP contribution < -0.4 is 4.74 Å². The van der Waals surface area contributed by atoms with Gasteiger partial charge in [-0.1, -0.05) is 42.5 Å². The monoisotopic (exact) mass is 288 g/mol. The number of hydrogen-bond donors (Lipinski definition) is 0. The van der Waals surface area contributed by atoms with Gasteiger partial charge in [-0.05, 0) is 23.8 Å². The molecule has 0 atom stereocenters. The van der Waals surface area contributed by atoms with Gasteiger partial charge in [0.15, 0.2) is 6.61 Å². The first-order valence-electron chi connectivity index (χ1n) is 6.56. The van der Waals surface area contributed by atoms with Crippen LogP contribution in [0.1, 0.15) is 15.9 Å². The smallest absolute Gasteiger partial charge is 0.203 e. The third-order valence-corrected chi connectivity index (χ3v) is 2.90. The van der Waals surface area contributed by atoms with Crippen LogP contribution in [0, 0.1) is 22.7 Å². The zero-order valence-corrected chi connectivity index (χ0v) is 11.7. The van der Waals surface area contributed by atoms with Crippen molar-refractivity contribution in [2.24, 2.45) is 0 Å². The standard InChI is InChI=1S/C18H12N2O2/c19-10-11-22-17-8-6-14(7-9-17)12-16(13-20)18(21)15-4-2-1-3-5-15/h1-9,12H,11H2/b16-12+. The van der Waals surface area contributed by atoms with Gasteiger partial charge in [-0.3, -0.25) is 4.79 Å². The highest BCUT2D eigenvalue weighted by molar-refractivity contribution is 6.13. The Labute approximate surface area is 128 Å². The minimum Gasteiger partial charge on any atom is -0.479 e. The lowest BCUT2D eigenvalue weighted by molar-refractivity contribution is 0.104. The van der Waals surface area contributed by atoms with Crippen LogP contribution in [0.5, 0.6) is 5.75 Å². The highest BCUT2D eigenvalue weighted by Gasteiger charge is 2.11. The SMILES string of the molecule is N#CCOc1ccc(/C=C(\C#N)C(=O)c2ccccc2)cc1. The summed E-state index contributed by atoms with van der Waals surface area (Å²) in [7, 11) is 0. The molecule has 0 spiro atoms. The summed E-state index contributed by atoms with van der Waals surface area (Å²) >= 11 is 0.